The molecule has 0 bridgehead atoms. The fraction of sp³-hybridized carbons (Fsp3) is 0. The van der Waals surface area contributed by atoms with E-state index in [9.17, 15) is 4.79 Å². The number of aromatic amines is 1. The lowest BCUT2D eigenvalue weighted by Gasteiger charge is -2.00. The molecule has 0 saturated heterocycles. The van der Waals surface area contributed by atoms with E-state index < -0.39 is 0 Å². The van der Waals surface area contributed by atoms with Gasteiger partial charge in [-0.05, 0) is 18.2 Å². The Kier molecular flexibility index (Phi) is 1.59. The van der Waals surface area contributed by atoms with Gasteiger partial charge in [0.2, 0.25) is 0 Å². The smallest absolute Gasteiger partial charge is 0.198 e. The van der Waals surface area contributed by atoms with Gasteiger partial charge in [0.15, 0.2) is 5.43 Å². The monoisotopic (exact) mass is 196 g/mol. The minimum absolute atomic E-state index is 0.0347. The largest absolute Gasteiger partial charge is 0.354 e. The first-order chi connectivity index (χ1) is 7.36. The van der Waals surface area contributed by atoms with Crippen molar-refractivity contribution < 1.29 is 0 Å². The van der Waals surface area contributed by atoms with Crippen molar-refractivity contribution in [1.82, 2.24) is 9.97 Å². The summed E-state index contributed by atoms with van der Waals surface area (Å²) in [5, 5.41) is 1.34. The van der Waals surface area contributed by atoms with Crippen LogP contribution in [0.25, 0.3) is 21.8 Å². The summed E-state index contributed by atoms with van der Waals surface area (Å²) in [7, 11) is 0. The molecule has 0 unspecified atom stereocenters. The number of para-hydroxylation sites is 1. The lowest BCUT2D eigenvalue weighted by molar-refractivity contribution is 1.34. The van der Waals surface area contributed by atoms with Crippen LogP contribution in [0.15, 0.2) is 47.5 Å². The standard InChI is InChI=1S/C12H8N2O/c15-12-8-3-1-2-4-10(8)14-11-5-6-13-7-9(11)12/h1-7H,(H,14,15). The lowest BCUT2D eigenvalue weighted by Crippen LogP contribution is -2.03. The molecule has 0 radical (unpaired) electrons. The molecule has 1 aromatic carbocycles. The molecular weight excluding hydrogens is 188 g/mol. The van der Waals surface area contributed by atoms with Gasteiger partial charge < -0.3 is 4.98 Å². The van der Waals surface area contributed by atoms with Crippen LogP contribution < -0.4 is 5.43 Å². The highest BCUT2D eigenvalue weighted by Crippen LogP contribution is 2.12. The number of pyridine rings is 2. The Morgan fingerprint density at radius 2 is 1.80 bits per heavy atom. The predicted octanol–water partition coefficient (Wildman–Crippen LogP) is 2.08. The van der Waals surface area contributed by atoms with Crippen LogP contribution in [0.3, 0.4) is 0 Å². The molecule has 2 aromatic heterocycles. The molecule has 0 saturated carbocycles. The molecule has 0 aliphatic carbocycles. The summed E-state index contributed by atoms with van der Waals surface area (Å²) in [6.07, 6.45) is 3.27. The summed E-state index contributed by atoms with van der Waals surface area (Å²) < 4.78 is 0. The van der Waals surface area contributed by atoms with Gasteiger partial charge in [0, 0.05) is 23.3 Å². The molecule has 0 atom stereocenters. The summed E-state index contributed by atoms with van der Waals surface area (Å²) in [5.41, 5.74) is 1.72. The Hall–Kier alpha value is -2.16. The summed E-state index contributed by atoms with van der Waals surface area (Å²) >= 11 is 0. The van der Waals surface area contributed by atoms with Gasteiger partial charge in [-0.1, -0.05) is 12.1 Å². The van der Waals surface area contributed by atoms with E-state index in [2.05, 4.69) is 9.97 Å². The van der Waals surface area contributed by atoms with E-state index in [1.807, 2.05) is 30.3 Å². The van der Waals surface area contributed by atoms with Crippen molar-refractivity contribution in [2.75, 3.05) is 0 Å². The van der Waals surface area contributed by atoms with Crippen molar-refractivity contribution in [1.29, 1.82) is 0 Å². The minimum atomic E-state index is 0.0347. The minimum Gasteiger partial charge on any atom is -0.354 e. The molecule has 0 fully saturated rings. The molecule has 3 nitrogen and oxygen atoms in total. The fourth-order valence-corrected chi connectivity index (χ4v) is 1.76. The summed E-state index contributed by atoms with van der Waals surface area (Å²) in [5.74, 6) is 0. The van der Waals surface area contributed by atoms with Crippen molar-refractivity contribution in [3.63, 3.8) is 0 Å². The molecule has 0 aliphatic heterocycles. The average molecular weight is 196 g/mol. The van der Waals surface area contributed by atoms with Crippen LogP contribution >= 0.6 is 0 Å². The van der Waals surface area contributed by atoms with E-state index in [0.29, 0.717) is 10.8 Å². The number of benzene rings is 1. The zero-order chi connectivity index (χ0) is 10.3. The Labute approximate surface area is 85.4 Å². The van der Waals surface area contributed by atoms with Crippen molar-refractivity contribution >= 4 is 21.8 Å². The third-order valence-corrected chi connectivity index (χ3v) is 2.51. The molecule has 3 aromatic rings. The molecule has 1 N–H and O–H groups in total. The van der Waals surface area contributed by atoms with Gasteiger partial charge in [-0.15, -0.1) is 0 Å². The molecular formula is C12H8N2O. The van der Waals surface area contributed by atoms with Crippen LogP contribution in [-0.2, 0) is 0 Å². The highest BCUT2D eigenvalue weighted by Gasteiger charge is 2.03. The van der Waals surface area contributed by atoms with Gasteiger partial charge in [-0.2, -0.15) is 0 Å². The zero-order valence-electron chi connectivity index (χ0n) is 7.90. The Morgan fingerprint density at radius 1 is 1.00 bits per heavy atom. The number of fused-ring (bicyclic) bond motifs is 2. The number of aromatic nitrogens is 2. The first-order valence-corrected chi connectivity index (χ1v) is 4.71. The Morgan fingerprint density at radius 3 is 2.73 bits per heavy atom. The van der Waals surface area contributed by atoms with Crippen LogP contribution in [0.1, 0.15) is 0 Å². The highest BCUT2D eigenvalue weighted by atomic mass is 16.1. The topological polar surface area (TPSA) is 45.8 Å². The number of hydrogen-bond acceptors (Lipinski definition) is 2. The highest BCUT2D eigenvalue weighted by molar-refractivity contribution is 5.91. The first-order valence-electron chi connectivity index (χ1n) is 4.71. The van der Waals surface area contributed by atoms with Crippen LogP contribution in [0, 0.1) is 0 Å². The van der Waals surface area contributed by atoms with Gasteiger partial charge >= 0.3 is 0 Å². The maximum atomic E-state index is 12.0. The molecule has 0 amide bonds. The first kappa shape index (κ1) is 8.17. The Bertz CT molecular complexity index is 643. The molecule has 15 heavy (non-hydrogen) atoms. The lowest BCUT2D eigenvalue weighted by atomic mass is 10.1. The molecule has 2 heterocycles. The summed E-state index contributed by atoms with van der Waals surface area (Å²) in [6.45, 7) is 0. The quantitative estimate of drug-likeness (QED) is 0.559. The van der Waals surface area contributed by atoms with Crippen molar-refractivity contribution in [2.45, 2.75) is 0 Å². The molecule has 0 aliphatic rings. The predicted molar refractivity (Wildman–Crippen MR) is 59.9 cm³/mol. The summed E-state index contributed by atoms with van der Waals surface area (Å²) in [4.78, 5) is 19.2. The van der Waals surface area contributed by atoms with Crippen LogP contribution in [0.5, 0.6) is 0 Å². The average Bonchev–Trinajstić information content (AvgIpc) is 2.30. The van der Waals surface area contributed by atoms with E-state index in [1.165, 1.54) is 0 Å². The second-order valence-corrected chi connectivity index (χ2v) is 3.42. The van der Waals surface area contributed by atoms with Gasteiger partial charge in [-0.3, -0.25) is 9.78 Å². The maximum absolute atomic E-state index is 12.0. The molecule has 0 spiro atoms. The van der Waals surface area contributed by atoms with Gasteiger partial charge in [-0.25, -0.2) is 0 Å². The van der Waals surface area contributed by atoms with E-state index in [-0.39, 0.29) is 5.43 Å². The Balaban J connectivity index is 2.66. The number of nitrogens with zero attached hydrogens (tertiary/aromatic N) is 1. The molecule has 3 rings (SSSR count). The molecule has 72 valence electrons. The SMILES string of the molecule is O=c1c2ccccc2[nH]c2ccncc12. The van der Waals surface area contributed by atoms with Crippen LogP contribution in [-0.4, -0.2) is 9.97 Å². The molecule has 3 heteroatoms. The van der Waals surface area contributed by atoms with E-state index in [4.69, 9.17) is 0 Å². The van der Waals surface area contributed by atoms with Crippen LogP contribution in [0.2, 0.25) is 0 Å². The summed E-state index contributed by atoms with van der Waals surface area (Å²) in [6, 6.07) is 9.30. The van der Waals surface area contributed by atoms with Crippen molar-refractivity contribution in [3.8, 4) is 0 Å². The number of H-pyrrole nitrogens is 1. The zero-order valence-corrected chi connectivity index (χ0v) is 7.90. The van der Waals surface area contributed by atoms with Gasteiger partial charge in [0.25, 0.3) is 0 Å². The third kappa shape index (κ3) is 1.13. The second-order valence-electron chi connectivity index (χ2n) is 3.42. The van der Waals surface area contributed by atoms with Crippen LogP contribution in [0.4, 0.5) is 0 Å². The van der Waals surface area contributed by atoms with E-state index in [1.54, 1.807) is 12.4 Å². The maximum Gasteiger partial charge on any atom is 0.198 e. The van der Waals surface area contributed by atoms with Crippen molar-refractivity contribution in [3.05, 3.63) is 52.9 Å². The normalized spacial score (nSPS) is 10.9. The van der Waals surface area contributed by atoms with Gasteiger partial charge in [0.05, 0.1) is 10.9 Å². The second kappa shape index (κ2) is 2.92. The fourth-order valence-electron chi connectivity index (χ4n) is 1.76. The number of hydrogen-bond donors (Lipinski definition) is 1. The van der Waals surface area contributed by atoms with Crippen molar-refractivity contribution in [2.24, 2.45) is 0 Å². The van der Waals surface area contributed by atoms with Gasteiger partial charge in [0.1, 0.15) is 0 Å². The van der Waals surface area contributed by atoms with E-state index >= 15 is 0 Å². The third-order valence-electron chi connectivity index (χ3n) is 2.51. The number of rotatable bonds is 0. The van der Waals surface area contributed by atoms with E-state index in [0.717, 1.165) is 11.0 Å². The number of nitrogens with one attached hydrogen (secondary N) is 1.